The molecule has 1 aliphatic heterocycles. The van der Waals surface area contributed by atoms with E-state index in [4.69, 9.17) is 9.47 Å². The molecule has 3 aromatic rings. The molecule has 0 atom stereocenters. The van der Waals surface area contributed by atoms with Crippen LogP contribution in [0.4, 0.5) is 5.82 Å². The molecule has 2 aromatic heterocycles. The SMILES string of the molecule is Cc1nn(CC(=O)Nc2ccnn2C)c(C)c1-c1ccc2c(c1)OCO2. The van der Waals surface area contributed by atoms with E-state index in [9.17, 15) is 4.79 Å². The highest BCUT2D eigenvalue weighted by molar-refractivity contribution is 5.89. The molecule has 1 aliphatic rings. The van der Waals surface area contributed by atoms with Gasteiger partial charge in [-0.1, -0.05) is 6.07 Å². The van der Waals surface area contributed by atoms with E-state index in [1.54, 1.807) is 28.7 Å². The van der Waals surface area contributed by atoms with Crippen LogP contribution in [0.2, 0.25) is 0 Å². The van der Waals surface area contributed by atoms with Crippen LogP contribution in [0.1, 0.15) is 11.4 Å². The minimum absolute atomic E-state index is 0.127. The van der Waals surface area contributed by atoms with E-state index in [2.05, 4.69) is 15.5 Å². The molecule has 26 heavy (non-hydrogen) atoms. The Bertz CT molecular complexity index is 989. The molecule has 1 N–H and O–H groups in total. The Morgan fingerprint density at radius 1 is 1.23 bits per heavy atom. The third kappa shape index (κ3) is 2.79. The minimum atomic E-state index is -0.156. The number of carbonyl (C=O) groups excluding carboxylic acids is 1. The Morgan fingerprint density at radius 2 is 2.04 bits per heavy atom. The van der Waals surface area contributed by atoms with Crippen molar-refractivity contribution in [2.24, 2.45) is 7.05 Å². The van der Waals surface area contributed by atoms with Gasteiger partial charge in [0.15, 0.2) is 11.5 Å². The quantitative estimate of drug-likeness (QED) is 0.778. The van der Waals surface area contributed by atoms with Crippen LogP contribution >= 0.6 is 0 Å². The Morgan fingerprint density at radius 3 is 2.81 bits per heavy atom. The van der Waals surface area contributed by atoms with E-state index >= 15 is 0 Å². The molecule has 0 aliphatic carbocycles. The molecule has 0 fully saturated rings. The lowest BCUT2D eigenvalue weighted by atomic mass is 10.0. The van der Waals surface area contributed by atoms with Gasteiger partial charge in [-0.3, -0.25) is 14.2 Å². The van der Waals surface area contributed by atoms with Crippen molar-refractivity contribution in [2.75, 3.05) is 12.1 Å². The predicted molar refractivity (Wildman–Crippen MR) is 95.1 cm³/mol. The van der Waals surface area contributed by atoms with Crippen LogP contribution in [0.25, 0.3) is 11.1 Å². The zero-order chi connectivity index (χ0) is 18.3. The maximum absolute atomic E-state index is 12.3. The van der Waals surface area contributed by atoms with Crippen LogP contribution in [-0.2, 0) is 18.4 Å². The van der Waals surface area contributed by atoms with E-state index in [0.717, 1.165) is 34.0 Å². The Labute approximate surface area is 150 Å². The smallest absolute Gasteiger partial charge is 0.247 e. The monoisotopic (exact) mass is 353 g/mol. The molecule has 1 amide bonds. The maximum Gasteiger partial charge on any atom is 0.247 e. The summed E-state index contributed by atoms with van der Waals surface area (Å²) in [6.07, 6.45) is 1.64. The van der Waals surface area contributed by atoms with Gasteiger partial charge in [0, 0.05) is 24.4 Å². The number of hydrogen-bond acceptors (Lipinski definition) is 5. The van der Waals surface area contributed by atoms with Crippen LogP contribution in [0.15, 0.2) is 30.5 Å². The van der Waals surface area contributed by atoms with Gasteiger partial charge in [0.25, 0.3) is 0 Å². The molecule has 4 rings (SSSR count). The number of nitrogens with zero attached hydrogens (tertiary/aromatic N) is 4. The van der Waals surface area contributed by atoms with Gasteiger partial charge in [-0.15, -0.1) is 0 Å². The zero-order valence-corrected chi connectivity index (χ0v) is 14.8. The van der Waals surface area contributed by atoms with Gasteiger partial charge in [-0.25, -0.2) is 0 Å². The highest BCUT2D eigenvalue weighted by atomic mass is 16.7. The van der Waals surface area contributed by atoms with Crippen molar-refractivity contribution in [1.29, 1.82) is 0 Å². The van der Waals surface area contributed by atoms with Gasteiger partial charge >= 0.3 is 0 Å². The van der Waals surface area contributed by atoms with Crippen molar-refractivity contribution in [3.63, 3.8) is 0 Å². The summed E-state index contributed by atoms with van der Waals surface area (Å²) in [6, 6.07) is 7.56. The van der Waals surface area contributed by atoms with E-state index in [-0.39, 0.29) is 19.2 Å². The van der Waals surface area contributed by atoms with E-state index in [1.165, 1.54) is 0 Å². The zero-order valence-electron chi connectivity index (χ0n) is 14.8. The van der Waals surface area contributed by atoms with Crippen LogP contribution in [0, 0.1) is 13.8 Å². The van der Waals surface area contributed by atoms with Crippen LogP contribution < -0.4 is 14.8 Å². The molecule has 134 valence electrons. The summed E-state index contributed by atoms with van der Waals surface area (Å²) in [5.74, 6) is 1.96. The van der Waals surface area contributed by atoms with Crippen molar-refractivity contribution in [3.05, 3.63) is 41.9 Å². The number of ether oxygens (including phenoxy) is 2. The molecular formula is C18H19N5O3. The highest BCUT2D eigenvalue weighted by Gasteiger charge is 2.19. The van der Waals surface area contributed by atoms with Gasteiger partial charge in [0.1, 0.15) is 12.4 Å². The molecular weight excluding hydrogens is 334 g/mol. The number of nitrogens with one attached hydrogen (secondary N) is 1. The summed E-state index contributed by atoms with van der Waals surface area (Å²) in [7, 11) is 1.77. The first-order valence-electron chi connectivity index (χ1n) is 8.25. The summed E-state index contributed by atoms with van der Waals surface area (Å²) in [5.41, 5.74) is 3.76. The largest absolute Gasteiger partial charge is 0.454 e. The van der Waals surface area contributed by atoms with Gasteiger partial charge in [0.05, 0.1) is 11.9 Å². The predicted octanol–water partition coefficient (Wildman–Crippen LogP) is 2.27. The van der Waals surface area contributed by atoms with E-state index in [1.807, 2.05) is 32.0 Å². The number of aromatic nitrogens is 4. The van der Waals surface area contributed by atoms with Crippen molar-refractivity contribution in [2.45, 2.75) is 20.4 Å². The number of amides is 1. The topological polar surface area (TPSA) is 83.2 Å². The van der Waals surface area contributed by atoms with Crippen LogP contribution in [-0.4, -0.2) is 32.3 Å². The van der Waals surface area contributed by atoms with E-state index < -0.39 is 0 Å². The second-order valence-electron chi connectivity index (χ2n) is 6.16. The summed E-state index contributed by atoms with van der Waals surface area (Å²) in [6.45, 7) is 4.26. The Hall–Kier alpha value is -3.29. The number of aryl methyl sites for hydroxylation is 2. The van der Waals surface area contributed by atoms with Gasteiger partial charge in [-0.2, -0.15) is 10.2 Å². The maximum atomic E-state index is 12.3. The van der Waals surface area contributed by atoms with Gasteiger partial charge in [0.2, 0.25) is 12.7 Å². The molecule has 0 bridgehead atoms. The molecule has 0 saturated heterocycles. The lowest BCUT2D eigenvalue weighted by Gasteiger charge is -2.08. The second-order valence-corrected chi connectivity index (χ2v) is 6.16. The molecule has 0 spiro atoms. The van der Waals surface area contributed by atoms with Gasteiger partial charge in [-0.05, 0) is 31.5 Å². The summed E-state index contributed by atoms with van der Waals surface area (Å²) in [5, 5.41) is 11.4. The molecule has 8 nitrogen and oxygen atoms in total. The molecule has 0 unspecified atom stereocenters. The first-order valence-corrected chi connectivity index (χ1v) is 8.25. The number of benzene rings is 1. The minimum Gasteiger partial charge on any atom is -0.454 e. The average Bonchev–Trinajstić information content (AvgIpc) is 3.28. The fourth-order valence-electron chi connectivity index (χ4n) is 3.14. The fourth-order valence-corrected chi connectivity index (χ4v) is 3.14. The average molecular weight is 353 g/mol. The number of rotatable bonds is 4. The Kier molecular flexibility index (Phi) is 3.87. The number of carbonyl (C=O) groups is 1. The molecule has 0 saturated carbocycles. The Balaban J connectivity index is 1.58. The number of fused-ring (bicyclic) bond motifs is 1. The van der Waals surface area contributed by atoms with Crippen molar-refractivity contribution < 1.29 is 14.3 Å². The molecule has 1 aromatic carbocycles. The second kappa shape index (κ2) is 6.21. The molecule has 8 heteroatoms. The van der Waals surface area contributed by atoms with Crippen molar-refractivity contribution in [3.8, 4) is 22.6 Å². The lowest BCUT2D eigenvalue weighted by Crippen LogP contribution is -2.21. The summed E-state index contributed by atoms with van der Waals surface area (Å²) < 4.78 is 14.1. The third-order valence-electron chi connectivity index (χ3n) is 4.42. The highest BCUT2D eigenvalue weighted by Crippen LogP contribution is 2.37. The van der Waals surface area contributed by atoms with Crippen LogP contribution in [0.3, 0.4) is 0 Å². The summed E-state index contributed by atoms with van der Waals surface area (Å²) in [4.78, 5) is 12.3. The number of hydrogen-bond donors (Lipinski definition) is 1. The first-order chi connectivity index (χ1) is 12.5. The normalized spacial score (nSPS) is 12.4. The lowest BCUT2D eigenvalue weighted by molar-refractivity contribution is -0.117. The summed E-state index contributed by atoms with van der Waals surface area (Å²) >= 11 is 0. The standard InChI is InChI=1S/C18H19N5O3/c1-11-18(13-4-5-14-15(8-13)26-10-25-14)12(2)23(21-11)9-17(24)20-16-6-7-19-22(16)3/h4-8H,9-10H2,1-3H3,(H,20,24). The van der Waals surface area contributed by atoms with Gasteiger partial charge < -0.3 is 14.8 Å². The first kappa shape index (κ1) is 16.2. The number of anilines is 1. The third-order valence-corrected chi connectivity index (χ3v) is 4.42. The van der Waals surface area contributed by atoms with Crippen LogP contribution in [0.5, 0.6) is 11.5 Å². The van der Waals surface area contributed by atoms with Crippen molar-refractivity contribution >= 4 is 11.7 Å². The molecule has 3 heterocycles. The van der Waals surface area contributed by atoms with E-state index in [0.29, 0.717) is 5.82 Å². The molecule has 0 radical (unpaired) electrons. The van der Waals surface area contributed by atoms with Crippen molar-refractivity contribution in [1.82, 2.24) is 19.6 Å². The fraction of sp³-hybridized carbons (Fsp3) is 0.278.